The van der Waals surface area contributed by atoms with Gasteiger partial charge in [-0.05, 0) is 56.9 Å². The third-order valence-corrected chi connectivity index (χ3v) is 5.73. The summed E-state index contributed by atoms with van der Waals surface area (Å²) in [6.07, 6.45) is 1.70. The molecule has 114 valence electrons. The first-order chi connectivity index (χ1) is 9.81. The lowest BCUT2D eigenvalue weighted by molar-refractivity contribution is -0.119. The molecule has 5 nitrogen and oxygen atoms in total. The van der Waals surface area contributed by atoms with E-state index in [2.05, 4.69) is 4.72 Å². The molecule has 2 heterocycles. The van der Waals surface area contributed by atoms with Gasteiger partial charge in [0.1, 0.15) is 0 Å². The van der Waals surface area contributed by atoms with E-state index in [0.29, 0.717) is 0 Å². The first kappa shape index (κ1) is 14.5. The second-order valence-electron chi connectivity index (χ2n) is 6.11. The first-order valence-electron chi connectivity index (χ1n) is 7.32. The molecule has 1 aromatic carbocycles. The number of benzene rings is 1. The molecule has 0 spiro atoms. The molecular weight excluding hydrogens is 288 g/mol. The Morgan fingerprint density at radius 1 is 1.33 bits per heavy atom. The zero-order valence-electron chi connectivity index (χ0n) is 12.5. The third kappa shape index (κ3) is 2.26. The number of amides is 1. The summed E-state index contributed by atoms with van der Waals surface area (Å²) in [5, 5.41) is 0. The highest BCUT2D eigenvalue weighted by atomic mass is 32.2. The Labute approximate surface area is 125 Å². The van der Waals surface area contributed by atoms with Crippen LogP contribution in [0.5, 0.6) is 0 Å². The van der Waals surface area contributed by atoms with Crippen molar-refractivity contribution in [1.29, 1.82) is 0 Å². The van der Waals surface area contributed by atoms with Gasteiger partial charge in [0, 0.05) is 12.6 Å². The minimum absolute atomic E-state index is 0.0808. The molecule has 3 rings (SSSR count). The number of aryl methyl sites for hydroxylation is 1. The van der Waals surface area contributed by atoms with Crippen LogP contribution in [0.15, 0.2) is 17.0 Å². The molecule has 1 aromatic rings. The first-order valence-corrected chi connectivity index (χ1v) is 8.80. The van der Waals surface area contributed by atoms with E-state index in [1.54, 1.807) is 26.0 Å². The number of carbonyl (C=O) groups is 1. The molecular formula is C15H20N2O3S. The zero-order valence-corrected chi connectivity index (χ0v) is 13.3. The Balaban J connectivity index is 2.15. The summed E-state index contributed by atoms with van der Waals surface area (Å²) in [5.41, 5.74) is 2.77. The van der Waals surface area contributed by atoms with E-state index in [-0.39, 0.29) is 22.8 Å². The summed E-state index contributed by atoms with van der Waals surface area (Å²) in [7, 11) is -3.53. The maximum atomic E-state index is 12.4. The molecule has 2 aliphatic heterocycles. The van der Waals surface area contributed by atoms with Crippen LogP contribution in [0.2, 0.25) is 0 Å². The molecule has 0 aliphatic carbocycles. The lowest BCUT2D eigenvalue weighted by Crippen LogP contribution is -2.32. The van der Waals surface area contributed by atoms with Crippen LogP contribution < -0.4 is 9.62 Å². The molecule has 1 N–H and O–H groups in total. The van der Waals surface area contributed by atoms with Crippen LogP contribution in [0.25, 0.3) is 0 Å². The lowest BCUT2D eigenvalue weighted by Gasteiger charge is -2.26. The average molecular weight is 308 g/mol. The van der Waals surface area contributed by atoms with Crippen LogP contribution in [-0.4, -0.2) is 26.9 Å². The summed E-state index contributed by atoms with van der Waals surface area (Å²) in [4.78, 5) is 14.4. The SMILES string of the molecule is CC(C)NS(=O)(=O)c1cc2c3c(c1)[C@@H](C)C(=O)N3CCC2. The molecule has 2 aliphatic rings. The number of nitrogens with zero attached hydrogens (tertiary/aromatic N) is 1. The quantitative estimate of drug-likeness (QED) is 0.925. The van der Waals surface area contributed by atoms with Crippen molar-refractivity contribution in [2.75, 3.05) is 11.4 Å². The molecule has 1 amide bonds. The number of anilines is 1. The fourth-order valence-corrected chi connectivity index (χ4v) is 4.53. The van der Waals surface area contributed by atoms with Crippen molar-refractivity contribution < 1.29 is 13.2 Å². The highest BCUT2D eigenvalue weighted by Crippen LogP contribution is 2.43. The van der Waals surface area contributed by atoms with E-state index in [9.17, 15) is 13.2 Å². The van der Waals surface area contributed by atoms with Crippen LogP contribution in [0.4, 0.5) is 5.69 Å². The van der Waals surface area contributed by atoms with E-state index < -0.39 is 10.0 Å². The van der Waals surface area contributed by atoms with Crippen molar-refractivity contribution >= 4 is 21.6 Å². The van der Waals surface area contributed by atoms with Crippen molar-refractivity contribution in [2.24, 2.45) is 0 Å². The Hall–Kier alpha value is -1.40. The van der Waals surface area contributed by atoms with Gasteiger partial charge in [-0.15, -0.1) is 0 Å². The number of hydrogen-bond donors (Lipinski definition) is 1. The van der Waals surface area contributed by atoms with Gasteiger partial charge in [0.05, 0.1) is 16.5 Å². The van der Waals surface area contributed by atoms with Gasteiger partial charge in [-0.2, -0.15) is 0 Å². The van der Waals surface area contributed by atoms with Gasteiger partial charge in [0.2, 0.25) is 15.9 Å². The van der Waals surface area contributed by atoms with E-state index in [1.165, 1.54) is 0 Å². The van der Waals surface area contributed by atoms with E-state index in [4.69, 9.17) is 0 Å². The normalized spacial score (nSPS) is 21.0. The molecule has 0 unspecified atom stereocenters. The number of nitrogens with one attached hydrogen (secondary N) is 1. The van der Waals surface area contributed by atoms with E-state index >= 15 is 0 Å². The van der Waals surface area contributed by atoms with Gasteiger partial charge in [-0.25, -0.2) is 13.1 Å². The van der Waals surface area contributed by atoms with Crippen molar-refractivity contribution in [2.45, 2.75) is 50.5 Å². The molecule has 0 aromatic heterocycles. The van der Waals surface area contributed by atoms with Crippen LogP contribution in [0.1, 0.15) is 44.2 Å². The van der Waals surface area contributed by atoms with Gasteiger partial charge in [0.25, 0.3) is 0 Å². The Kier molecular flexibility index (Phi) is 3.33. The summed E-state index contributed by atoms with van der Waals surface area (Å²) in [6.45, 7) is 6.17. The maximum absolute atomic E-state index is 12.4. The second-order valence-corrected chi connectivity index (χ2v) is 7.83. The lowest BCUT2D eigenvalue weighted by atomic mass is 9.97. The van der Waals surface area contributed by atoms with Gasteiger partial charge in [0.15, 0.2) is 0 Å². The van der Waals surface area contributed by atoms with E-state index in [0.717, 1.165) is 36.2 Å². The summed E-state index contributed by atoms with van der Waals surface area (Å²) >= 11 is 0. The number of carbonyl (C=O) groups excluding carboxylic acids is 1. The molecule has 0 radical (unpaired) electrons. The summed E-state index contributed by atoms with van der Waals surface area (Å²) in [5.74, 6) is -0.177. The second kappa shape index (κ2) is 4.81. The van der Waals surface area contributed by atoms with Crippen molar-refractivity contribution in [3.05, 3.63) is 23.3 Å². The Morgan fingerprint density at radius 2 is 2.05 bits per heavy atom. The Bertz CT molecular complexity index is 710. The number of hydrogen-bond acceptors (Lipinski definition) is 3. The third-order valence-electron chi connectivity index (χ3n) is 4.09. The molecule has 0 fully saturated rings. The molecule has 1 atom stereocenters. The van der Waals surface area contributed by atoms with Crippen LogP contribution in [-0.2, 0) is 21.2 Å². The number of rotatable bonds is 3. The number of sulfonamides is 1. The van der Waals surface area contributed by atoms with Crippen LogP contribution >= 0.6 is 0 Å². The largest absolute Gasteiger partial charge is 0.311 e. The predicted molar refractivity (Wildman–Crippen MR) is 81.0 cm³/mol. The minimum Gasteiger partial charge on any atom is -0.311 e. The predicted octanol–water partition coefficient (Wildman–Crippen LogP) is 1.77. The molecule has 0 saturated carbocycles. The van der Waals surface area contributed by atoms with Crippen molar-refractivity contribution in [1.82, 2.24) is 4.72 Å². The van der Waals surface area contributed by atoms with Gasteiger partial charge in [-0.1, -0.05) is 0 Å². The average Bonchev–Trinajstić information content (AvgIpc) is 2.65. The molecule has 0 saturated heterocycles. The topological polar surface area (TPSA) is 66.5 Å². The zero-order chi connectivity index (χ0) is 15.4. The van der Waals surface area contributed by atoms with Crippen molar-refractivity contribution in [3.8, 4) is 0 Å². The Morgan fingerprint density at radius 3 is 2.71 bits per heavy atom. The fourth-order valence-electron chi connectivity index (χ4n) is 3.20. The minimum atomic E-state index is -3.53. The molecule has 6 heteroatoms. The standard InChI is InChI=1S/C15H20N2O3S/c1-9(2)16-21(19,20)12-7-11-5-4-6-17-14(11)13(8-12)10(3)15(17)18/h7-10,16H,4-6H2,1-3H3/t10-/m1/s1. The van der Waals surface area contributed by atoms with Gasteiger partial charge in [-0.3, -0.25) is 4.79 Å². The van der Waals surface area contributed by atoms with Crippen LogP contribution in [0.3, 0.4) is 0 Å². The smallest absolute Gasteiger partial charge is 0.240 e. The molecule has 21 heavy (non-hydrogen) atoms. The molecule has 0 bridgehead atoms. The highest BCUT2D eigenvalue weighted by Gasteiger charge is 2.38. The van der Waals surface area contributed by atoms with Crippen LogP contribution in [0, 0.1) is 0 Å². The van der Waals surface area contributed by atoms with E-state index in [1.807, 2.05) is 11.8 Å². The fraction of sp³-hybridized carbons (Fsp3) is 0.533. The summed E-state index contributed by atoms with van der Waals surface area (Å²) < 4.78 is 27.4. The summed E-state index contributed by atoms with van der Waals surface area (Å²) in [6, 6.07) is 3.23. The maximum Gasteiger partial charge on any atom is 0.240 e. The monoisotopic (exact) mass is 308 g/mol. The van der Waals surface area contributed by atoms with Crippen molar-refractivity contribution in [3.63, 3.8) is 0 Å². The highest BCUT2D eigenvalue weighted by molar-refractivity contribution is 7.89. The van der Waals surface area contributed by atoms with Gasteiger partial charge >= 0.3 is 0 Å². The van der Waals surface area contributed by atoms with Gasteiger partial charge < -0.3 is 4.90 Å².